The Labute approximate surface area is 177 Å². The second kappa shape index (κ2) is 8.50. The molecule has 0 aliphatic rings. The SMILES string of the molecule is Cc1c(C(F)(F)F)nc(C(F)F)c(C(O)c2ccc(C(F)(F)F)cc2)c1-c1ccccc1. The molecule has 10 heteroatoms. The molecule has 1 aromatic heterocycles. The number of aliphatic hydroxyl groups excluding tert-OH is 1. The maximum absolute atomic E-state index is 13.8. The van der Waals surface area contributed by atoms with Gasteiger partial charge in [0.15, 0.2) is 0 Å². The Morgan fingerprint density at radius 3 is 1.84 bits per heavy atom. The molecule has 0 saturated carbocycles. The van der Waals surface area contributed by atoms with Gasteiger partial charge in [0.05, 0.1) is 5.56 Å². The van der Waals surface area contributed by atoms with E-state index >= 15 is 0 Å². The van der Waals surface area contributed by atoms with E-state index in [-0.39, 0.29) is 16.7 Å². The molecule has 0 radical (unpaired) electrons. The van der Waals surface area contributed by atoms with Gasteiger partial charge in [0.1, 0.15) is 17.5 Å². The van der Waals surface area contributed by atoms with Crippen molar-refractivity contribution in [2.24, 2.45) is 0 Å². The number of alkyl halides is 8. The Morgan fingerprint density at radius 1 is 0.812 bits per heavy atom. The molecule has 1 heterocycles. The van der Waals surface area contributed by atoms with Gasteiger partial charge in [-0.15, -0.1) is 0 Å². The Bertz CT molecular complexity index is 1090. The van der Waals surface area contributed by atoms with Crippen LogP contribution in [0.25, 0.3) is 11.1 Å². The maximum Gasteiger partial charge on any atom is 0.433 e. The summed E-state index contributed by atoms with van der Waals surface area (Å²) in [5, 5.41) is 10.8. The van der Waals surface area contributed by atoms with E-state index in [4.69, 9.17) is 0 Å². The lowest BCUT2D eigenvalue weighted by Gasteiger charge is -2.24. The third kappa shape index (κ3) is 4.59. The van der Waals surface area contributed by atoms with Crippen molar-refractivity contribution in [3.63, 3.8) is 0 Å². The fourth-order valence-electron chi connectivity index (χ4n) is 3.43. The molecule has 0 bridgehead atoms. The molecule has 0 fully saturated rings. The Balaban J connectivity index is 2.31. The van der Waals surface area contributed by atoms with Crippen molar-refractivity contribution in [1.82, 2.24) is 4.98 Å². The van der Waals surface area contributed by atoms with Gasteiger partial charge in [-0.2, -0.15) is 26.3 Å². The molecule has 3 aromatic rings. The van der Waals surface area contributed by atoms with Crippen LogP contribution >= 0.6 is 0 Å². The van der Waals surface area contributed by atoms with Crippen LogP contribution in [0.15, 0.2) is 54.6 Å². The standard InChI is InChI=1S/C22H15F8NO/c1-11-15(12-5-3-2-4-6-12)16(17(20(23)24)31-19(11)22(28,29)30)18(32)13-7-9-14(10-8-13)21(25,26)27/h2-10,18,20,32H,1H3. The highest BCUT2D eigenvalue weighted by Crippen LogP contribution is 2.44. The summed E-state index contributed by atoms with van der Waals surface area (Å²) in [6, 6.07) is 10.3. The fourth-order valence-corrected chi connectivity index (χ4v) is 3.43. The monoisotopic (exact) mass is 461 g/mol. The molecule has 0 saturated heterocycles. The minimum absolute atomic E-state index is 0.112. The minimum atomic E-state index is -5.05. The third-order valence-corrected chi connectivity index (χ3v) is 4.87. The molecule has 0 aliphatic carbocycles. The summed E-state index contributed by atoms with van der Waals surface area (Å²) in [5.74, 6) is 0. The number of aliphatic hydroxyl groups is 1. The molecule has 2 aromatic carbocycles. The fraction of sp³-hybridized carbons (Fsp3) is 0.227. The number of nitrogens with zero attached hydrogens (tertiary/aromatic N) is 1. The normalized spacial score (nSPS) is 13.5. The predicted octanol–water partition coefficient (Wildman–Crippen LogP) is 7.11. The molecule has 32 heavy (non-hydrogen) atoms. The van der Waals surface area contributed by atoms with Crippen molar-refractivity contribution in [3.05, 3.63) is 88.2 Å². The molecule has 1 unspecified atom stereocenters. The molecule has 1 N–H and O–H groups in total. The number of benzene rings is 2. The van der Waals surface area contributed by atoms with E-state index in [1.807, 2.05) is 0 Å². The topological polar surface area (TPSA) is 33.1 Å². The predicted molar refractivity (Wildman–Crippen MR) is 99.9 cm³/mol. The lowest BCUT2D eigenvalue weighted by atomic mass is 9.87. The van der Waals surface area contributed by atoms with Crippen LogP contribution in [0.2, 0.25) is 0 Å². The first kappa shape index (κ1) is 23.6. The average molecular weight is 461 g/mol. The van der Waals surface area contributed by atoms with Gasteiger partial charge < -0.3 is 5.11 Å². The Hall–Kier alpha value is -3.01. The Kier molecular flexibility index (Phi) is 6.28. The first-order valence-electron chi connectivity index (χ1n) is 9.12. The second-order valence-corrected chi connectivity index (χ2v) is 6.95. The van der Waals surface area contributed by atoms with Crippen LogP contribution < -0.4 is 0 Å². The molecule has 3 rings (SSSR count). The Morgan fingerprint density at radius 2 is 1.38 bits per heavy atom. The molecule has 0 amide bonds. The molecule has 0 aliphatic heterocycles. The lowest BCUT2D eigenvalue weighted by molar-refractivity contribution is -0.142. The van der Waals surface area contributed by atoms with E-state index in [1.54, 1.807) is 6.07 Å². The zero-order valence-corrected chi connectivity index (χ0v) is 16.3. The molecule has 2 nitrogen and oxygen atoms in total. The first-order chi connectivity index (χ1) is 14.8. The number of rotatable bonds is 4. The van der Waals surface area contributed by atoms with Gasteiger partial charge in [0.2, 0.25) is 0 Å². The minimum Gasteiger partial charge on any atom is -0.384 e. The van der Waals surface area contributed by atoms with Gasteiger partial charge in [-0.05, 0) is 41.3 Å². The zero-order valence-electron chi connectivity index (χ0n) is 16.3. The summed E-state index contributed by atoms with van der Waals surface area (Å²) in [5.41, 5.74) is -5.36. The maximum atomic E-state index is 13.8. The van der Waals surface area contributed by atoms with Gasteiger partial charge in [0, 0.05) is 5.56 Å². The van der Waals surface area contributed by atoms with E-state index in [9.17, 15) is 40.2 Å². The third-order valence-electron chi connectivity index (χ3n) is 4.87. The first-order valence-corrected chi connectivity index (χ1v) is 9.12. The molecule has 170 valence electrons. The molecule has 1 atom stereocenters. The second-order valence-electron chi connectivity index (χ2n) is 6.95. The summed E-state index contributed by atoms with van der Waals surface area (Å²) in [4.78, 5) is 3.12. The van der Waals surface area contributed by atoms with Gasteiger partial charge in [-0.1, -0.05) is 42.5 Å². The number of aromatic nitrogens is 1. The summed E-state index contributed by atoms with van der Waals surface area (Å²) >= 11 is 0. The number of hydrogen-bond donors (Lipinski definition) is 1. The van der Waals surface area contributed by atoms with Crippen LogP contribution in [0.3, 0.4) is 0 Å². The summed E-state index contributed by atoms with van der Waals surface area (Å²) < 4.78 is 107. The van der Waals surface area contributed by atoms with Crippen LogP contribution in [0.5, 0.6) is 0 Å². The largest absolute Gasteiger partial charge is 0.433 e. The molecular weight excluding hydrogens is 446 g/mol. The van der Waals surface area contributed by atoms with Crippen molar-refractivity contribution >= 4 is 0 Å². The highest BCUT2D eigenvalue weighted by molar-refractivity contribution is 5.74. The van der Waals surface area contributed by atoms with Gasteiger partial charge in [-0.3, -0.25) is 0 Å². The van der Waals surface area contributed by atoms with Crippen molar-refractivity contribution in [2.75, 3.05) is 0 Å². The highest BCUT2D eigenvalue weighted by Gasteiger charge is 2.39. The molecule has 0 spiro atoms. The smallest absolute Gasteiger partial charge is 0.384 e. The van der Waals surface area contributed by atoms with Gasteiger partial charge >= 0.3 is 12.4 Å². The van der Waals surface area contributed by atoms with Crippen molar-refractivity contribution in [2.45, 2.75) is 31.8 Å². The van der Waals surface area contributed by atoms with Crippen molar-refractivity contribution < 1.29 is 40.2 Å². The van der Waals surface area contributed by atoms with Crippen LogP contribution in [0.1, 0.15) is 46.2 Å². The van der Waals surface area contributed by atoms with Crippen LogP contribution in [0, 0.1) is 6.92 Å². The number of pyridine rings is 1. The van der Waals surface area contributed by atoms with Gasteiger partial charge in [0.25, 0.3) is 6.43 Å². The van der Waals surface area contributed by atoms with Gasteiger partial charge in [-0.25, -0.2) is 13.8 Å². The quantitative estimate of drug-likeness (QED) is 0.420. The highest BCUT2D eigenvalue weighted by atomic mass is 19.4. The van der Waals surface area contributed by atoms with Crippen molar-refractivity contribution in [1.29, 1.82) is 0 Å². The lowest BCUT2D eigenvalue weighted by Crippen LogP contribution is -2.18. The van der Waals surface area contributed by atoms with E-state index in [0.717, 1.165) is 19.1 Å². The summed E-state index contributed by atoms with van der Waals surface area (Å²) in [6.45, 7) is 1.04. The van der Waals surface area contributed by atoms with E-state index in [2.05, 4.69) is 4.98 Å². The zero-order chi connectivity index (χ0) is 23.8. The number of hydrogen-bond acceptors (Lipinski definition) is 2. The van der Waals surface area contributed by atoms with E-state index in [1.165, 1.54) is 24.3 Å². The van der Waals surface area contributed by atoms with Crippen LogP contribution in [0.4, 0.5) is 35.1 Å². The summed E-state index contributed by atoms with van der Waals surface area (Å²) in [6.07, 6.45) is -15.2. The van der Waals surface area contributed by atoms with E-state index in [0.29, 0.717) is 12.1 Å². The van der Waals surface area contributed by atoms with Crippen molar-refractivity contribution in [3.8, 4) is 11.1 Å². The van der Waals surface area contributed by atoms with Crippen LogP contribution in [-0.4, -0.2) is 10.1 Å². The average Bonchev–Trinajstić information content (AvgIpc) is 2.71. The molecular formula is C22H15F8NO. The number of halogens is 8. The van der Waals surface area contributed by atoms with E-state index < -0.39 is 53.0 Å². The summed E-state index contributed by atoms with van der Waals surface area (Å²) in [7, 11) is 0. The van der Waals surface area contributed by atoms with Crippen LogP contribution in [-0.2, 0) is 12.4 Å².